The highest BCUT2D eigenvalue weighted by Crippen LogP contribution is 2.17. The summed E-state index contributed by atoms with van der Waals surface area (Å²) in [5.41, 5.74) is 5.27. The second kappa shape index (κ2) is 6.92. The molecule has 0 saturated heterocycles. The number of nitrogens with zero attached hydrogens (tertiary/aromatic N) is 1. The first-order valence-corrected chi connectivity index (χ1v) is 7.97. The van der Waals surface area contributed by atoms with Crippen molar-refractivity contribution in [2.45, 2.75) is 33.2 Å². The van der Waals surface area contributed by atoms with Crippen LogP contribution in [0.3, 0.4) is 0 Å². The van der Waals surface area contributed by atoms with E-state index in [9.17, 15) is 4.79 Å². The van der Waals surface area contributed by atoms with Gasteiger partial charge >= 0.3 is 0 Å². The molecule has 2 aromatic rings. The Bertz CT molecular complexity index is 705. The van der Waals surface area contributed by atoms with Crippen molar-refractivity contribution in [3.05, 3.63) is 71.3 Å². The number of hydrazine groups is 1. The van der Waals surface area contributed by atoms with Gasteiger partial charge in [-0.25, -0.2) is 5.01 Å². The highest BCUT2D eigenvalue weighted by molar-refractivity contribution is 7.80. The molecule has 4 heteroatoms. The van der Waals surface area contributed by atoms with E-state index in [2.05, 4.69) is 5.43 Å². The van der Waals surface area contributed by atoms with Gasteiger partial charge in [-0.3, -0.25) is 10.2 Å². The van der Waals surface area contributed by atoms with Crippen molar-refractivity contribution >= 4 is 23.1 Å². The fourth-order valence-electron chi connectivity index (χ4n) is 2.19. The predicted octanol–water partition coefficient (Wildman–Crippen LogP) is 4.12. The Labute approximate surface area is 143 Å². The number of hydrogen-bond donors (Lipinski definition) is 1. The summed E-state index contributed by atoms with van der Waals surface area (Å²) in [6.07, 6.45) is 0. The molecule has 0 radical (unpaired) electrons. The van der Waals surface area contributed by atoms with Crippen molar-refractivity contribution in [2.24, 2.45) is 0 Å². The summed E-state index contributed by atoms with van der Waals surface area (Å²) in [4.78, 5) is 13.4. The highest BCUT2D eigenvalue weighted by atomic mass is 32.1. The molecular formula is C19H22N2OS. The number of carbonyl (C=O) groups excluding carboxylic acids is 1. The molecule has 120 valence electrons. The van der Waals surface area contributed by atoms with Crippen LogP contribution < -0.4 is 5.43 Å². The van der Waals surface area contributed by atoms with Crippen LogP contribution >= 0.6 is 12.2 Å². The van der Waals surface area contributed by atoms with E-state index in [-0.39, 0.29) is 5.91 Å². The van der Waals surface area contributed by atoms with Crippen LogP contribution in [0.25, 0.3) is 0 Å². The van der Waals surface area contributed by atoms with Crippen molar-refractivity contribution in [3.8, 4) is 0 Å². The molecule has 0 atom stereocenters. The van der Waals surface area contributed by atoms with Gasteiger partial charge in [-0.2, -0.15) is 0 Å². The number of thiocarbonyl (C=S) groups is 1. The van der Waals surface area contributed by atoms with E-state index >= 15 is 0 Å². The van der Waals surface area contributed by atoms with Crippen molar-refractivity contribution < 1.29 is 4.79 Å². The predicted molar refractivity (Wildman–Crippen MR) is 98.4 cm³/mol. The average Bonchev–Trinajstić information content (AvgIpc) is 2.51. The number of aryl methyl sites for hydroxylation is 1. The quantitative estimate of drug-likeness (QED) is 0.666. The molecule has 1 N–H and O–H groups in total. The van der Waals surface area contributed by atoms with Crippen LogP contribution in [0, 0.1) is 6.92 Å². The van der Waals surface area contributed by atoms with E-state index in [0.29, 0.717) is 10.6 Å². The van der Waals surface area contributed by atoms with Crippen molar-refractivity contribution in [3.63, 3.8) is 0 Å². The van der Waals surface area contributed by atoms with E-state index < -0.39 is 5.54 Å². The van der Waals surface area contributed by atoms with Crippen molar-refractivity contribution in [1.29, 1.82) is 0 Å². The molecule has 0 unspecified atom stereocenters. The van der Waals surface area contributed by atoms with Crippen LogP contribution in [-0.4, -0.2) is 21.4 Å². The van der Waals surface area contributed by atoms with Gasteiger partial charge in [0, 0.05) is 11.1 Å². The number of amides is 1. The number of carbonyl (C=O) groups is 1. The fourth-order valence-corrected chi connectivity index (χ4v) is 2.41. The van der Waals surface area contributed by atoms with Crippen LogP contribution in [-0.2, 0) is 0 Å². The maximum absolute atomic E-state index is 12.9. The third-order valence-electron chi connectivity index (χ3n) is 3.39. The zero-order valence-corrected chi connectivity index (χ0v) is 14.8. The summed E-state index contributed by atoms with van der Waals surface area (Å²) in [5, 5.41) is 1.59. The lowest BCUT2D eigenvalue weighted by Gasteiger charge is -2.36. The summed E-state index contributed by atoms with van der Waals surface area (Å²) < 4.78 is 0. The van der Waals surface area contributed by atoms with Gasteiger partial charge in [0.2, 0.25) is 0 Å². The van der Waals surface area contributed by atoms with Crippen LogP contribution in [0.5, 0.6) is 0 Å². The molecule has 1 amide bonds. The van der Waals surface area contributed by atoms with Gasteiger partial charge < -0.3 is 0 Å². The molecule has 0 aliphatic carbocycles. The Morgan fingerprint density at radius 2 is 1.61 bits per heavy atom. The van der Waals surface area contributed by atoms with E-state index in [4.69, 9.17) is 12.2 Å². The minimum absolute atomic E-state index is 0.0977. The van der Waals surface area contributed by atoms with Crippen molar-refractivity contribution in [2.75, 3.05) is 0 Å². The molecule has 0 aromatic heterocycles. The maximum atomic E-state index is 12.9. The Morgan fingerprint density at radius 1 is 1.00 bits per heavy atom. The lowest BCUT2D eigenvalue weighted by atomic mass is 10.1. The Balaban J connectivity index is 2.28. The normalized spacial score (nSPS) is 11.0. The average molecular weight is 326 g/mol. The smallest absolute Gasteiger partial charge is 0.272 e. The molecule has 0 bridgehead atoms. The zero-order chi connectivity index (χ0) is 17.0. The summed E-state index contributed by atoms with van der Waals surface area (Å²) >= 11 is 5.46. The van der Waals surface area contributed by atoms with E-state index in [0.717, 1.165) is 11.1 Å². The van der Waals surface area contributed by atoms with Gasteiger partial charge in [-0.15, -0.1) is 0 Å². The second-order valence-electron chi connectivity index (χ2n) is 6.49. The number of rotatable bonds is 2. The van der Waals surface area contributed by atoms with Crippen molar-refractivity contribution in [1.82, 2.24) is 10.4 Å². The largest absolute Gasteiger partial charge is 0.284 e. The Hall–Kier alpha value is -2.20. The van der Waals surface area contributed by atoms with Gasteiger partial charge in [-0.05, 0) is 39.8 Å². The standard InChI is InChI=1S/C19H22N2OS/c1-14-9-8-12-16(13-14)18(22)21(19(2,3)4)20-17(23)15-10-6-5-7-11-15/h5-13H,1-4H3,(H,20,23). The highest BCUT2D eigenvalue weighted by Gasteiger charge is 2.28. The Morgan fingerprint density at radius 3 is 2.17 bits per heavy atom. The minimum Gasteiger partial charge on any atom is -0.284 e. The van der Waals surface area contributed by atoms with Crippen LogP contribution in [0.1, 0.15) is 42.3 Å². The van der Waals surface area contributed by atoms with E-state index in [1.165, 1.54) is 0 Å². The molecular weight excluding hydrogens is 304 g/mol. The molecule has 2 rings (SSSR count). The molecule has 0 aliphatic rings. The van der Waals surface area contributed by atoms with E-state index in [1.54, 1.807) is 5.01 Å². The van der Waals surface area contributed by atoms with Gasteiger partial charge in [0.25, 0.3) is 5.91 Å². The first-order chi connectivity index (χ1) is 10.8. The third-order valence-corrected chi connectivity index (χ3v) is 3.72. The van der Waals surface area contributed by atoms with Gasteiger partial charge in [0.05, 0.1) is 5.54 Å². The molecule has 3 nitrogen and oxygen atoms in total. The van der Waals surface area contributed by atoms with Gasteiger partial charge in [0.1, 0.15) is 4.99 Å². The molecule has 2 aromatic carbocycles. The van der Waals surface area contributed by atoms with Crippen LogP contribution in [0.4, 0.5) is 0 Å². The first kappa shape index (κ1) is 17.2. The summed E-state index contributed by atoms with van der Waals surface area (Å²) in [7, 11) is 0. The lowest BCUT2D eigenvalue weighted by Crippen LogP contribution is -2.55. The summed E-state index contributed by atoms with van der Waals surface area (Å²) in [6, 6.07) is 17.2. The number of benzene rings is 2. The Kier molecular flexibility index (Phi) is 5.16. The molecule has 0 fully saturated rings. The maximum Gasteiger partial charge on any atom is 0.272 e. The second-order valence-corrected chi connectivity index (χ2v) is 6.90. The lowest BCUT2D eigenvalue weighted by molar-refractivity contribution is 0.0500. The molecule has 0 heterocycles. The molecule has 0 spiro atoms. The van der Waals surface area contributed by atoms with Crippen LogP contribution in [0.2, 0.25) is 0 Å². The summed E-state index contributed by atoms with van der Waals surface area (Å²) in [6.45, 7) is 7.89. The fraction of sp³-hybridized carbons (Fsp3) is 0.263. The van der Waals surface area contributed by atoms with Gasteiger partial charge in [-0.1, -0.05) is 60.2 Å². The van der Waals surface area contributed by atoms with E-state index in [1.807, 2.05) is 82.3 Å². The zero-order valence-electron chi connectivity index (χ0n) is 14.0. The molecule has 23 heavy (non-hydrogen) atoms. The van der Waals surface area contributed by atoms with Crippen LogP contribution in [0.15, 0.2) is 54.6 Å². The summed E-state index contributed by atoms with van der Waals surface area (Å²) in [5.74, 6) is -0.0977. The monoisotopic (exact) mass is 326 g/mol. The number of hydrogen-bond acceptors (Lipinski definition) is 2. The SMILES string of the molecule is Cc1cccc(C(=O)N(NC(=S)c2ccccc2)C(C)(C)C)c1. The topological polar surface area (TPSA) is 32.3 Å². The minimum atomic E-state index is -0.417. The number of nitrogens with one attached hydrogen (secondary N) is 1. The molecule has 0 aliphatic heterocycles. The van der Waals surface area contributed by atoms with Gasteiger partial charge in [0.15, 0.2) is 0 Å². The molecule has 0 saturated carbocycles. The first-order valence-electron chi connectivity index (χ1n) is 7.56. The third kappa shape index (κ3) is 4.39.